The number of nitriles is 1. The van der Waals surface area contributed by atoms with Crippen LogP contribution in [0.15, 0.2) is 166 Å². The fourth-order valence-electron chi connectivity index (χ4n) is 9.10. The number of benzene rings is 8. The Bertz CT molecular complexity index is 4070. The van der Waals surface area contributed by atoms with Gasteiger partial charge >= 0.3 is 0 Å². The molecule has 2 aliphatic heterocycles. The molecule has 258 valence electrons. The molecule has 2 aliphatic rings. The highest BCUT2D eigenvalue weighted by Gasteiger charge is 2.46. The van der Waals surface area contributed by atoms with Crippen molar-refractivity contribution in [2.45, 2.75) is 0 Å². The lowest BCUT2D eigenvalue weighted by Gasteiger charge is -2.39. The maximum atomic E-state index is 9.83. The Morgan fingerprint density at radius 3 is 2.16 bits per heavy atom. The van der Waals surface area contributed by atoms with Crippen molar-refractivity contribution in [2.24, 2.45) is 0 Å². The number of furan rings is 2. The Morgan fingerprint density at radius 2 is 1.34 bits per heavy atom. The number of ether oxygens (including phenoxy) is 1. The zero-order valence-electron chi connectivity index (χ0n) is 38.0. The quantitative estimate of drug-likeness (QED) is 0.166. The zero-order chi connectivity index (χ0) is 44.5. The van der Waals surface area contributed by atoms with Crippen LogP contribution in [0.5, 0.6) is 11.5 Å². The number of nitrogens with zero attached hydrogens (tertiary/aromatic N) is 3. The average molecular weight is 725 g/mol. The zero-order valence-corrected chi connectivity index (χ0v) is 29.0. The molecule has 0 bridgehead atoms. The van der Waals surface area contributed by atoms with Crippen LogP contribution in [-0.2, 0) is 0 Å². The van der Waals surface area contributed by atoms with Crippen LogP contribution < -0.4 is 26.0 Å². The van der Waals surface area contributed by atoms with Crippen molar-refractivity contribution in [1.29, 1.82) is 5.26 Å². The van der Waals surface area contributed by atoms with Crippen molar-refractivity contribution < 1.29 is 25.9 Å². The molecule has 13 rings (SSSR count). The Hall–Kier alpha value is -7.69. The second-order valence-corrected chi connectivity index (χ2v) is 14.0. The third kappa shape index (κ3) is 3.75. The molecule has 0 fully saturated rings. The van der Waals surface area contributed by atoms with Crippen LogP contribution in [0.25, 0.3) is 71.4 Å². The van der Waals surface area contributed by atoms with E-state index in [0.717, 1.165) is 21.5 Å². The van der Waals surface area contributed by atoms with Gasteiger partial charge in [0.2, 0.25) is 0 Å². The summed E-state index contributed by atoms with van der Waals surface area (Å²) in [5.41, 5.74) is 6.74. The molecule has 3 aromatic heterocycles. The minimum atomic E-state index is -0.635. The SMILES string of the molecule is [2H]c1c([2H])c([2H])c(N2c3cccc4c3B(c3ccc(-n5c6ccc(C#N)cc6c6c([2H])c([2H])c([2H])c([2H])c65)cc3O4)c3c2c2oc4ccccc4c2c2c3oc3ccccc32)c([2H])c1[2H]. The molecule has 56 heavy (non-hydrogen) atoms. The average Bonchev–Trinajstić information content (AvgIpc) is 4.01. The highest BCUT2D eigenvalue weighted by atomic mass is 16.5. The second-order valence-electron chi connectivity index (χ2n) is 14.0. The van der Waals surface area contributed by atoms with Crippen LogP contribution >= 0.6 is 0 Å². The summed E-state index contributed by atoms with van der Waals surface area (Å²) in [5.74, 6) is 0.884. The van der Waals surface area contributed by atoms with Gasteiger partial charge in [-0.25, -0.2) is 0 Å². The second kappa shape index (κ2) is 10.7. The molecular formula is C49H26BN3O3. The predicted octanol–water partition coefficient (Wildman–Crippen LogP) is 10.9. The van der Waals surface area contributed by atoms with E-state index in [1.54, 1.807) is 33.7 Å². The lowest BCUT2D eigenvalue weighted by Crippen LogP contribution is -2.59. The fraction of sp³-hybridized carbons (Fsp3) is 0. The molecule has 0 radical (unpaired) electrons. The number of hydrogen-bond acceptors (Lipinski definition) is 5. The van der Waals surface area contributed by atoms with Crippen LogP contribution in [0.1, 0.15) is 17.9 Å². The van der Waals surface area contributed by atoms with Crippen molar-refractivity contribution in [3.05, 3.63) is 163 Å². The summed E-state index contributed by atoms with van der Waals surface area (Å²) in [6, 6.07) is 30.1. The van der Waals surface area contributed by atoms with Gasteiger partial charge in [0.1, 0.15) is 28.2 Å². The third-order valence-electron chi connectivity index (χ3n) is 11.3. The first kappa shape index (κ1) is 22.5. The van der Waals surface area contributed by atoms with Gasteiger partial charge in [-0.05, 0) is 77.6 Å². The molecule has 6 nitrogen and oxygen atoms in total. The van der Waals surface area contributed by atoms with Crippen LogP contribution in [0, 0.1) is 11.3 Å². The summed E-state index contributed by atoms with van der Waals surface area (Å²) in [7, 11) is 0. The molecule has 0 saturated carbocycles. The summed E-state index contributed by atoms with van der Waals surface area (Å²) in [6.07, 6.45) is 0. The molecule has 11 aromatic rings. The molecule has 0 unspecified atom stereocenters. The van der Waals surface area contributed by atoms with E-state index in [0.29, 0.717) is 83.7 Å². The van der Waals surface area contributed by atoms with Gasteiger partial charge in [-0.2, -0.15) is 5.26 Å². The van der Waals surface area contributed by atoms with Gasteiger partial charge in [0.15, 0.2) is 5.58 Å². The predicted molar refractivity (Wildman–Crippen MR) is 226 cm³/mol. The molecule has 8 aromatic carbocycles. The van der Waals surface area contributed by atoms with Gasteiger partial charge in [0.25, 0.3) is 6.71 Å². The first-order chi connectivity index (χ1) is 31.5. The fourth-order valence-corrected chi connectivity index (χ4v) is 9.10. The minimum absolute atomic E-state index is 0.0713. The van der Waals surface area contributed by atoms with Crippen molar-refractivity contribution in [3.63, 3.8) is 0 Å². The Labute approximate surface area is 332 Å². The maximum Gasteiger partial charge on any atom is 0.261 e. The highest BCUT2D eigenvalue weighted by Crippen LogP contribution is 2.50. The molecule has 7 heteroatoms. The number of hydrogen-bond donors (Lipinski definition) is 0. The van der Waals surface area contributed by atoms with E-state index in [4.69, 9.17) is 23.2 Å². The van der Waals surface area contributed by atoms with Crippen molar-refractivity contribution in [3.8, 4) is 23.3 Å². The lowest BCUT2D eigenvalue weighted by molar-refractivity contribution is 0.487. The van der Waals surface area contributed by atoms with Crippen LogP contribution in [0.4, 0.5) is 17.1 Å². The minimum Gasteiger partial charge on any atom is -0.458 e. The highest BCUT2D eigenvalue weighted by molar-refractivity contribution is 7.01. The smallest absolute Gasteiger partial charge is 0.261 e. The van der Waals surface area contributed by atoms with Gasteiger partial charge in [0.05, 0.1) is 40.7 Å². The van der Waals surface area contributed by atoms with E-state index in [9.17, 15) is 8.00 Å². The van der Waals surface area contributed by atoms with Crippen LogP contribution in [0.3, 0.4) is 0 Å². The molecule has 0 amide bonds. The van der Waals surface area contributed by atoms with Gasteiger partial charge in [-0.1, -0.05) is 84.8 Å². The first-order valence-electron chi connectivity index (χ1n) is 22.5. The van der Waals surface area contributed by atoms with Crippen molar-refractivity contribution in [1.82, 2.24) is 4.57 Å². The standard InChI is InChI=1S/C49H26BN3O3/c51-27-28-21-24-37-34(25-28)31-13-4-7-16-36(31)52(37)30-22-23-35-42(26-30)54-41-20-10-17-38-45(41)50(35)46-47(53(38)29-11-2-1-3-12-29)49-44(33-15-6-9-19-40(33)56-49)43-32-14-5-8-18-39(32)55-48(43)46/h1-26H/i1D,2D,3D,4D,7D,11D,12D,13D,16D. The van der Waals surface area contributed by atoms with E-state index >= 15 is 0 Å². The van der Waals surface area contributed by atoms with Gasteiger partial charge in [-0.3, -0.25) is 0 Å². The van der Waals surface area contributed by atoms with E-state index < -0.39 is 43.0 Å². The first-order valence-corrected chi connectivity index (χ1v) is 18.0. The van der Waals surface area contributed by atoms with E-state index in [1.165, 1.54) is 0 Å². The van der Waals surface area contributed by atoms with E-state index in [1.807, 2.05) is 78.9 Å². The van der Waals surface area contributed by atoms with E-state index in [2.05, 4.69) is 6.07 Å². The molecule has 0 saturated heterocycles. The molecule has 0 aliphatic carbocycles. The lowest BCUT2D eigenvalue weighted by atomic mass is 9.34. The van der Waals surface area contributed by atoms with E-state index in [-0.39, 0.29) is 34.7 Å². The van der Waals surface area contributed by atoms with Crippen LogP contribution in [0.2, 0.25) is 0 Å². The monoisotopic (exact) mass is 724 g/mol. The summed E-state index contributed by atoms with van der Waals surface area (Å²) in [6.45, 7) is -0.635. The third-order valence-corrected chi connectivity index (χ3v) is 11.3. The number of aromatic nitrogens is 1. The molecule has 0 spiro atoms. The number of para-hydroxylation sites is 4. The topological polar surface area (TPSA) is 67.5 Å². The largest absolute Gasteiger partial charge is 0.458 e. The maximum absolute atomic E-state index is 9.83. The summed E-state index contributed by atoms with van der Waals surface area (Å²) < 4.78 is 102. The molecule has 0 atom stereocenters. The summed E-state index contributed by atoms with van der Waals surface area (Å²) in [4.78, 5) is 1.70. The Morgan fingerprint density at radius 1 is 0.589 bits per heavy atom. The Balaban J connectivity index is 1.17. The van der Waals surface area contributed by atoms with Gasteiger partial charge in [0, 0.05) is 60.9 Å². The molecular weight excluding hydrogens is 689 g/mol. The van der Waals surface area contributed by atoms with Gasteiger partial charge < -0.3 is 23.0 Å². The molecule has 0 N–H and O–H groups in total. The van der Waals surface area contributed by atoms with Gasteiger partial charge in [-0.15, -0.1) is 0 Å². The number of anilines is 3. The van der Waals surface area contributed by atoms with Crippen LogP contribution in [-0.4, -0.2) is 11.3 Å². The summed E-state index contributed by atoms with van der Waals surface area (Å²) >= 11 is 0. The van der Waals surface area contributed by atoms with Crippen molar-refractivity contribution >= 4 is 106 Å². The normalized spacial score (nSPS) is 15.3. The number of rotatable bonds is 2. The van der Waals surface area contributed by atoms with Crippen molar-refractivity contribution in [2.75, 3.05) is 4.90 Å². The number of fused-ring (bicyclic) bond motifs is 16. The summed E-state index contributed by atoms with van der Waals surface area (Å²) in [5, 5.41) is 13.8. The Kier molecular flexibility index (Phi) is 4.31. The molecule has 5 heterocycles.